The SMILES string of the molecule is CC(=O)NCC[C@@H]1NC(=O)[C@@H](NC(=O)[C@H](CCCN=C(N)N)NC(C)=O)CCC(=O)NCCC[C@@H](C(N)=O)NC(=O)[C@H](Cc2c[nH]c3ccccc23)CC(=O)[C@H](CCCN=C(N)N)CC(=O)[C@@H](Cc2ccccc2Cl)NC1=O. The van der Waals surface area contributed by atoms with Crippen LogP contribution in [-0.2, 0) is 60.8 Å². The Morgan fingerprint density at radius 2 is 1.38 bits per heavy atom. The quantitative estimate of drug-likeness (QED) is 0.0390. The first kappa shape index (κ1) is 62.4. The number of nitrogens with zero attached hydrogens (tertiary/aromatic N) is 2. The monoisotopic (exact) mass is 1100 g/mol. The van der Waals surface area contributed by atoms with Crippen LogP contribution in [0.25, 0.3) is 10.9 Å². The third kappa shape index (κ3) is 21.5. The summed E-state index contributed by atoms with van der Waals surface area (Å²) in [7, 11) is 0. The number of para-hydroxylation sites is 1. The second-order valence-corrected chi connectivity index (χ2v) is 19.6. The van der Waals surface area contributed by atoms with E-state index in [1.165, 1.54) is 13.8 Å². The molecule has 18 N–H and O–H groups in total. The van der Waals surface area contributed by atoms with Crippen molar-refractivity contribution in [2.24, 2.45) is 50.5 Å². The highest BCUT2D eigenvalue weighted by atomic mass is 35.5. The van der Waals surface area contributed by atoms with E-state index in [0.717, 1.165) is 10.9 Å². The number of hydrogen-bond donors (Lipinski definition) is 13. The molecule has 0 radical (unpaired) electrons. The molecule has 25 nitrogen and oxygen atoms in total. The van der Waals surface area contributed by atoms with Crippen molar-refractivity contribution in [3.8, 4) is 0 Å². The smallest absolute Gasteiger partial charge is 0.243 e. The van der Waals surface area contributed by atoms with Gasteiger partial charge in [0.1, 0.15) is 30.0 Å². The van der Waals surface area contributed by atoms with E-state index in [0.29, 0.717) is 11.1 Å². The van der Waals surface area contributed by atoms with E-state index in [9.17, 15) is 47.9 Å². The van der Waals surface area contributed by atoms with Crippen LogP contribution in [0.2, 0.25) is 5.02 Å². The van der Waals surface area contributed by atoms with Crippen molar-refractivity contribution in [1.29, 1.82) is 0 Å². The number of rotatable bonds is 19. The van der Waals surface area contributed by atoms with Gasteiger partial charge in [-0.3, -0.25) is 57.9 Å². The van der Waals surface area contributed by atoms with Crippen molar-refractivity contribution >= 4 is 93.2 Å². The zero-order valence-electron chi connectivity index (χ0n) is 44.0. The second-order valence-electron chi connectivity index (χ2n) is 19.2. The number of amides is 8. The number of carbonyl (C=O) groups excluding carboxylic acids is 10. The number of Topliss-reactive ketones (excluding diaryl/α,β-unsaturated/α-hetero) is 2. The molecule has 2 heterocycles. The first-order valence-corrected chi connectivity index (χ1v) is 26.2. The Balaban J connectivity index is 1.81. The first-order chi connectivity index (χ1) is 37.1. The Morgan fingerprint density at radius 3 is 2.06 bits per heavy atom. The van der Waals surface area contributed by atoms with Gasteiger partial charge in [-0.15, -0.1) is 0 Å². The van der Waals surface area contributed by atoms with Crippen molar-refractivity contribution in [3.63, 3.8) is 0 Å². The summed E-state index contributed by atoms with van der Waals surface area (Å²) in [5, 5.41) is 19.6. The lowest BCUT2D eigenvalue weighted by Gasteiger charge is -2.27. The molecule has 26 heteroatoms. The average molecular weight is 1100 g/mol. The van der Waals surface area contributed by atoms with Crippen LogP contribution in [0, 0.1) is 11.8 Å². The molecule has 0 aliphatic carbocycles. The summed E-state index contributed by atoms with van der Waals surface area (Å²) in [6.07, 6.45) is 0.424. The highest BCUT2D eigenvalue weighted by Crippen LogP contribution is 2.27. The molecule has 0 bridgehead atoms. The van der Waals surface area contributed by atoms with Crippen LogP contribution in [0.3, 0.4) is 0 Å². The summed E-state index contributed by atoms with van der Waals surface area (Å²) in [5.41, 5.74) is 29.8. The van der Waals surface area contributed by atoms with Crippen LogP contribution in [0.15, 0.2) is 64.7 Å². The molecule has 1 saturated heterocycles. The minimum atomic E-state index is -1.52. The third-order valence-corrected chi connectivity index (χ3v) is 13.3. The second kappa shape index (κ2) is 31.8. The number of nitrogens with two attached hydrogens (primary N) is 5. The van der Waals surface area contributed by atoms with Crippen molar-refractivity contribution in [2.75, 3.05) is 26.2 Å². The van der Waals surface area contributed by atoms with Gasteiger partial charge in [0.25, 0.3) is 0 Å². The fraction of sp³-hybridized carbons (Fsp3) is 0.500. The summed E-state index contributed by atoms with van der Waals surface area (Å²) in [4.78, 5) is 149. The number of halogens is 1. The van der Waals surface area contributed by atoms with E-state index in [2.05, 4.69) is 52.2 Å². The molecule has 7 atom stereocenters. The Labute approximate surface area is 456 Å². The number of benzene rings is 2. The minimum Gasteiger partial charge on any atom is -0.370 e. The van der Waals surface area contributed by atoms with Crippen LogP contribution in [0.1, 0.15) is 95.6 Å². The van der Waals surface area contributed by atoms with E-state index in [1.807, 2.05) is 24.3 Å². The van der Waals surface area contributed by atoms with E-state index < -0.39 is 114 Å². The van der Waals surface area contributed by atoms with E-state index in [-0.39, 0.29) is 114 Å². The maximum Gasteiger partial charge on any atom is 0.243 e. The fourth-order valence-electron chi connectivity index (χ4n) is 8.91. The summed E-state index contributed by atoms with van der Waals surface area (Å²) in [6, 6.07) is 7.10. The number of fused-ring (bicyclic) bond motifs is 1. The maximum absolute atomic E-state index is 14.9. The van der Waals surface area contributed by atoms with Gasteiger partial charge in [-0.2, -0.15) is 0 Å². The maximum atomic E-state index is 14.9. The van der Waals surface area contributed by atoms with Gasteiger partial charge in [-0.05, 0) is 81.0 Å². The van der Waals surface area contributed by atoms with Gasteiger partial charge in [-0.25, -0.2) is 0 Å². The van der Waals surface area contributed by atoms with Gasteiger partial charge in [0.2, 0.25) is 47.3 Å². The summed E-state index contributed by atoms with van der Waals surface area (Å²) < 4.78 is 0. The molecule has 3 aromatic rings. The van der Waals surface area contributed by atoms with Crippen molar-refractivity contribution in [1.82, 2.24) is 42.2 Å². The van der Waals surface area contributed by atoms with Crippen LogP contribution < -0.4 is 65.9 Å². The standard InChI is InChI=1S/C52H74ClN15O10/c1-29(69)59-23-19-41-50(78)68-42(25-31-10-3-5-13-36(31)53)44(72)26-32(11-7-21-61-51(55)56)43(71)27-33(24-34-28-63-37-14-6-4-12-35(34)37)47(75)65-38(46(54)74)15-8-20-60-45(73)18-17-40(49(77)67-41)66-48(76)39(64-30(2)70)16-9-22-62-52(57)58/h3-6,10,12-14,28,32-33,38-42,63H,7-9,11,15-27H2,1-2H3,(H2,54,74)(H,59,69)(H,60,73)(H,64,70)(H,65,75)(H,66,76)(H,67,77)(H,68,78)(H4,55,56,61)(H4,57,58,62)/t32-,33-,38+,39+,40+,41+,42-/m1/s1. The van der Waals surface area contributed by atoms with Crippen LogP contribution in [0.4, 0.5) is 0 Å². The normalized spacial score (nSPS) is 20.9. The minimum absolute atomic E-state index is 0.0182. The fourth-order valence-corrected chi connectivity index (χ4v) is 9.12. The third-order valence-electron chi connectivity index (χ3n) is 13.0. The first-order valence-electron chi connectivity index (χ1n) is 25.8. The molecule has 424 valence electrons. The lowest BCUT2D eigenvalue weighted by atomic mass is 9.83. The van der Waals surface area contributed by atoms with Crippen LogP contribution >= 0.6 is 11.6 Å². The number of H-pyrrole nitrogens is 1. The van der Waals surface area contributed by atoms with Crippen LogP contribution in [0.5, 0.6) is 0 Å². The highest BCUT2D eigenvalue weighted by molar-refractivity contribution is 6.31. The summed E-state index contributed by atoms with van der Waals surface area (Å²) in [5.74, 6) is -9.46. The molecular weight excluding hydrogens is 1030 g/mol. The molecule has 2 aromatic carbocycles. The molecule has 1 aliphatic rings. The van der Waals surface area contributed by atoms with E-state index >= 15 is 0 Å². The van der Waals surface area contributed by atoms with E-state index in [4.69, 9.17) is 40.3 Å². The molecule has 0 saturated carbocycles. The average Bonchev–Trinajstić information content (AvgIpc) is 3.79. The zero-order chi connectivity index (χ0) is 57.3. The Bertz CT molecular complexity index is 2670. The number of aliphatic imine (C=N–C) groups is 2. The number of hydrogen-bond acceptors (Lipinski definition) is 12. The van der Waals surface area contributed by atoms with Crippen molar-refractivity contribution < 1.29 is 47.9 Å². The number of carbonyl (C=O) groups is 10. The van der Waals surface area contributed by atoms with Crippen molar-refractivity contribution in [3.05, 3.63) is 70.9 Å². The number of aromatic nitrogens is 1. The number of primary amides is 1. The molecule has 1 fully saturated rings. The molecule has 78 heavy (non-hydrogen) atoms. The number of aromatic amines is 1. The molecule has 1 aliphatic heterocycles. The number of guanidine groups is 2. The topological polar surface area (TPSA) is 426 Å². The predicted molar refractivity (Wildman–Crippen MR) is 293 cm³/mol. The molecule has 0 spiro atoms. The summed E-state index contributed by atoms with van der Waals surface area (Å²) >= 11 is 6.61. The number of ketones is 2. The number of nitrogens with one attached hydrogen (secondary N) is 8. The Hall–Kier alpha value is -8.09. The van der Waals surface area contributed by atoms with Gasteiger partial charge in [0.05, 0.1) is 6.04 Å². The predicted octanol–water partition coefficient (Wildman–Crippen LogP) is -0.990. The lowest BCUT2D eigenvalue weighted by Crippen LogP contribution is -2.58. The van der Waals surface area contributed by atoms with Crippen molar-refractivity contribution in [2.45, 2.75) is 128 Å². The molecule has 1 aromatic heterocycles. The highest BCUT2D eigenvalue weighted by Gasteiger charge is 2.35. The lowest BCUT2D eigenvalue weighted by molar-refractivity contribution is -0.135. The molecule has 0 unspecified atom stereocenters. The van der Waals surface area contributed by atoms with Gasteiger partial charge in [0.15, 0.2) is 17.7 Å². The van der Waals surface area contributed by atoms with Crippen LogP contribution in [-0.4, -0.2) is 132 Å². The Morgan fingerprint density at radius 1 is 0.718 bits per heavy atom. The Kier molecular flexibility index (Phi) is 25.5. The molecule has 4 rings (SSSR count). The molecule has 8 amide bonds. The van der Waals surface area contributed by atoms with Gasteiger partial charge in [0, 0.05) is 99.7 Å². The van der Waals surface area contributed by atoms with Gasteiger partial charge in [-0.1, -0.05) is 48.0 Å². The van der Waals surface area contributed by atoms with Gasteiger partial charge >= 0.3 is 0 Å². The largest absolute Gasteiger partial charge is 0.370 e. The summed E-state index contributed by atoms with van der Waals surface area (Å²) in [6.45, 7) is 2.47. The molecular formula is C52H74ClN15O10. The van der Waals surface area contributed by atoms with Gasteiger partial charge < -0.3 is 70.9 Å². The van der Waals surface area contributed by atoms with E-state index in [1.54, 1.807) is 30.5 Å². The zero-order valence-corrected chi connectivity index (χ0v) is 44.8.